The van der Waals surface area contributed by atoms with E-state index in [9.17, 15) is 9.59 Å². The fraction of sp³-hybridized carbons (Fsp3) is 0.882. The Balaban J connectivity index is 1.97. The zero-order chi connectivity index (χ0) is 17.3. The zero-order valence-electron chi connectivity index (χ0n) is 15.1. The Bertz CT molecular complexity index is 450. The molecule has 2 rings (SSSR count). The first-order valence-electron chi connectivity index (χ1n) is 8.60. The van der Waals surface area contributed by atoms with Gasteiger partial charge in [0.2, 0.25) is 0 Å². The molecule has 6 nitrogen and oxygen atoms in total. The van der Waals surface area contributed by atoms with Gasteiger partial charge in [-0.2, -0.15) is 0 Å². The van der Waals surface area contributed by atoms with E-state index in [1.165, 1.54) is 0 Å². The predicted molar refractivity (Wildman–Crippen MR) is 87.2 cm³/mol. The van der Waals surface area contributed by atoms with E-state index in [1.807, 2.05) is 32.6 Å². The van der Waals surface area contributed by atoms with Gasteiger partial charge in [-0.05, 0) is 47.0 Å². The summed E-state index contributed by atoms with van der Waals surface area (Å²) in [7, 11) is 0. The quantitative estimate of drug-likeness (QED) is 0.782. The second-order valence-corrected chi connectivity index (χ2v) is 7.67. The molecular weight excluding hydrogens is 296 g/mol. The van der Waals surface area contributed by atoms with Crippen molar-refractivity contribution in [3.63, 3.8) is 0 Å². The summed E-state index contributed by atoms with van der Waals surface area (Å²) >= 11 is 0. The number of piperidine rings is 1. The van der Waals surface area contributed by atoms with Crippen LogP contribution < -0.4 is 0 Å². The van der Waals surface area contributed by atoms with Crippen LogP contribution in [0.5, 0.6) is 0 Å². The first kappa shape index (κ1) is 18.0. The maximum absolute atomic E-state index is 12.2. The molecule has 0 unspecified atom stereocenters. The minimum atomic E-state index is -0.480. The average Bonchev–Trinajstić information content (AvgIpc) is 2.43. The second-order valence-electron chi connectivity index (χ2n) is 7.67. The molecule has 0 N–H and O–H groups in total. The molecule has 0 bridgehead atoms. The number of likely N-dealkylation sites (tertiary alicyclic amines) is 1. The molecule has 0 aromatic carbocycles. The maximum atomic E-state index is 12.2. The summed E-state index contributed by atoms with van der Waals surface area (Å²) in [6.45, 7) is 12.1. The Morgan fingerprint density at radius 3 is 2.48 bits per heavy atom. The highest BCUT2D eigenvalue weighted by molar-refractivity contribution is 5.81. The van der Waals surface area contributed by atoms with Crippen LogP contribution in [0.2, 0.25) is 0 Å². The van der Waals surface area contributed by atoms with Crippen LogP contribution in [0.25, 0.3) is 0 Å². The van der Waals surface area contributed by atoms with Crippen molar-refractivity contribution < 1.29 is 19.1 Å². The molecule has 0 radical (unpaired) electrons. The second kappa shape index (κ2) is 6.67. The fourth-order valence-corrected chi connectivity index (χ4v) is 3.30. The van der Waals surface area contributed by atoms with Crippen molar-refractivity contribution >= 4 is 12.0 Å². The molecule has 2 saturated heterocycles. The van der Waals surface area contributed by atoms with E-state index < -0.39 is 11.7 Å². The van der Waals surface area contributed by atoms with Crippen molar-refractivity contribution in [1.82, 2.24) is 9.80 Å². The van der Waals surface area contributed by atoms with E-state index in [0.717, 1.165) is 25.8 Å². The van der Waals surface area contributed by atoms with Crippen molar-refractivity contribution in [3.05, 3.63) is 0 Å². The number of hydrogen-bond donors (Lipinski definition) is 0. The van der Waals surface area contributed by atoms with E-state index in [0.29, 0.717) is 19.6 Å². The number of carbonyl (C=O) groups excluding carboxylic acids is 2. The van der Waals surface area contributed by atoms with Gasteiger partial charge in [0.25, 0.3) is 5.91 Å². The van der Waals surface area contributed by atoms with Crippen molar-refractivity contribution in [2.45, 2.75) is 71.2 Å². The number of ether oxygens (including phenoxy) is 2. The lowest BCUT2D eigenvalue weighted by Gasteiger charge is -2.49. The third-order valence-corrected chi connectivity index (χ3v) is 4.39. The van der Waals surface area contributed by atoms with Crippen LogP contribution in [-0.2, 0) is 14.3 Å². The molecule has 2 aliphatic rings. The highest BCUT2D eigenvalue weighted by Gasteiger charge is 2.45. The highest BCUT2D eigenvalue weighted by atomic mass is 16.6. The molecular formula is C17H30N2O4. The Morgan fingerprint density at radius 1 is 1.35 bits per heavy atom. The van der Waals surface area contributed by atoms with Crippen LogP contribution in [-0.4, -0.2) is 65.3 Å². The van der Waals surface area contributed by atoms with Crippen LogP contribution >= 0.6 is 0 Å². The summed E-state index contributed by atoms with van der Waals surface area (Å²) in [5, 5.41) is 0. The Labute approximate surface area is 139 Å². The summed E-state index contributed by atoms with van der Waals surface area (Å²) in [4.78, 5) is 28.0. The highest BCUT2D eigenvalue weighted by Crippen LogP contribution is 2.33. The van der Waals surface area contributed by atoms with E-state index in [-0.39, 0.29) is 17.6 Å². The van der Waals surface area contributed by atoms with Crippen LogP contribution in [0.1, 0.15) is 53.9 Å². The van der Waals surface area contributed by atoms with Crippen molar-refractivity contribution in [3.8, 4) is 0 Å². The third kappa shape index (κ3) is 4.37. The monoisotopic (exact) mass is 326 g/mol. The van der Waals surface area contributed by atoms with Crippen molar-refractivity contribution in [2.24, 2.45) is 0 Å². The number of morpholine rings is 1. The van der Waals surface area contributed by atoms with Crippen LogP contribution in [0.4, 0.5) is 4.79 Å². The van der Waals surface area contributed by atoms with E-state index >= 15 is 0 Å². The summed E-state index contributed by atoms with van der Waals surface area (Å²) < 4.78 is 11.5. The molecule has 0 aromatic rings. The SMILES string of the molecule is CCCN1CC2(CCN(C(=O)OC(C)(C)C)CC2)O[C@@H](C)C1=O. The summed E-state index contributed by atoms with van der Waals surface area (Å²) in [5.41, 5.74) is -0.798. The van der Waals surface area contributed by atoms with E-state index in [2.05, 4.69) is 6.92 Å². The fourth-order valence-electron chi connectivity index (χ4n) is 3.30. The topological polar surface area (TPSA) is 59.1 Å². The maximum Gasteiger partial charge on any atom is 0.410 e. The average molecular weight is 326 g/mol. The lowest BCUT2D eigenvalue weighted by molar-refractivity contribution is -0.189. The molecule has 1 atom stereocenters. The van der Waals surface area contributed by atoms with Gasteiger partial charge >= 0.3 is 6.09 Å². The molecule has 0 aliphatic carbocycles. The van der Waals surface area contributed by atoms with Gasteiger partial charge in [-0.3, -0.25) is 4.79 Å². The first-order chi connectivity index (χ1) is 10.7. The van der Waals surface area contributed by atoms with Gasteiger partial charge in [0.15, 0.2) is 0 Å². The largest absolute Gasteiger partial charge is 0.444 e. The van der Waals surface area contributed by atoms with Gasteiger partial charge in [-0.1, -0.05) is 6.92 Å². The van der Waals surface area contributed by atoms with Crippen LogP contribution in [0.15, 0.2) is 0 Å². The first-order valence-corrected chi connectivity index (χ1v) is 8.60. The lowest BCUT2D eigenvalue weighted by Crippen LogP contribution is -2.61. The number of carbonyl (C=O) groups is 2. The van der Waals surface area contributed by atoms with Gasteiger partial charge in [-0.25, -0.2) is 4.79 Å². The minimum Gasteiger partial charge on any atom is -0.444 e. The van der Waals surface area contributed by atoms with E-state index in [4.69, 9.17) is 9.47 Å². The normalized spacial score (nSPS) is 24.9. The van der Waals surface area contributed by atoms with Gasteiger partial charge in [0.1, 0.15) is 11.7 Å². The minimum absolute atomic E-state index is 0.0760. The molecule has 2 amide bonds. The molecule has 2 heterocycles. The predicted octanol–water partition coefficient (Wildman–Crippen LogP) is 2.41. The number of hydrogen-bond acceptors (Lipinski definition) is 4. The van der Waals surface area contributed by atoms with Crippen molar-refractivity contribution in [2.75, 3.05) is 26.2 Å². The van der Waals surface area contributed by atoms with Crippen molar-refractivity contribution in [1.29, 1.82) is 0 Å². The molecule has 0 aromatic heterocycles. The van der Waals surface area contributed by atoms with Gasteiger partial charge < -0.3 is 19.3 Å². The Kier molecular flexibility index (Phi) is 5.23. The summed E-state index contributed by atoms with van der Waals surface area (Å²) in [6, 6.07) is 0. The molecule has 23 heavy (non-hydrogen) atoms. The lowest BCUT2D eigenvalue weighted by atomic mass is 9.88. The third-order valence-electron chi connectivity index (χ3n) is 4.39. The Morgan fingerprint density at radius 2 is 1.96 bits per heavy atom. The molecule has 0 saturated carbocycles. The molecule has 132 valence electrons. The number of amides is 2. The van der Waals surface area contributed by atoms with E-state index in [1.54, 1.807) is 4.90 Å². The number of nitrogens with zero attached hydrogens (tertiary/aromatic N) is 2. The van der Waals surface area contributed by atoms with Crippen LogP contribution in [0.3, 0.4) is 0 Å². The Hall–Kier alpha value is -1.30. The molecule has 1 spiro atoms. The van der Waals surface area contributed by atoms with Gasteiger partial charge in [0, 0.05) is 26.2 Å². The van der Waals surface area contributed by atoms with Gasteiger partial charge in [-0.15, -0.1) is 0 Å². The molecule has 2 aliphatic heterocycles. The summed E-state index contributed by atoms with van der Waals surface area (Å²) in [6.07, 6.45) is 1.76. The smallest absolute Gasteiger partial charge is 0.410 e. The molecule has 2 fully saturated rings. The van der Waals surface area contributed by atoms with Gasteiger partial charge in [0.05, 0.1) is 5.60 Å². The van der Waals surface area contributed by atoms with Crippen LogP contribution in [0, 0.1) is 0 Å². The number of rotatable bonds is 2. The zero-order valence-corrected chi connectivity index (χ0v) is 15.1. The molecule has 6 heteroatoms. The summed E-state index contributed by atoms with van der Waals surface area (Å²) in [5.74, 6) is 0.0760. The standard InChI is InChI=1S/C17H30N2O4/c1-6-9-19-12-17(22-13(2)14(19)20)7-10-18(11-8-17)15(21)23-16(3,4)5/h13H,6-12H2,1-5H3/t13-/m0/s1.